The van der Waals surface area contributed by atoms with Gasteiger partial charge >= 0.3 is 0 Å². The van der Waals surface area contributed by atoms with E-state index in [4.69, 9.17) is 14.6 Å². The van der Waals surface area contributed by atoms with Crippen molar-refractivity contribution >= 4 is 5.69 Å². The van der Waals surface area contributed by atoms with Gasteiger partial charge in [0.05, 0.1) is 12.4 Å². The second-order valence-electron chi connectivity index (χ2n) is 5.22. The largest absolute Gasteiger partial charge is 0.444 e. The molecule has 0 radical (unpaired) electrons. The van der Waals surface area contributed by atoms with E-state index in [1.165, 1.54) is 18.4 Å². The van der Waals surface area contributed by atoms with Crippen LogP contribution in [0.4, 0.5) is 5.69 Å². The average molecular weight is 319 g/mol. The van der Waals surface area contributed by atoms with Crippen molar-refractivity contribution in [2.75, 3.05) is 5.73 Å². The number of hydrogen-bond acceptors (Lipinski definition) is 5. The molecule has 0 unspecified atom stereocenters. The van der Waals surface area contributed by atoms with Crippen molar-refractivity contribution in [2.45, 2.75) is 6.92 Å². The average Bonchev–Trinajstić information content (AvgIpc) is 3.31. The maximum absolute atomic E-state index is 5.53. The zero-order valence-corrected chi connectivity index (χ0v) is 13.2. The molecule has 0 aliphatic heterocycles. The number of nitrogen functional groups attached to an aromatic ring is 1. The van der Waals surface area contributed by atoms with Crippen molar-refractivity contribution in [3.63, 3.8) is 0 Å². The van der Waals surface area contributed by atoms with Crippen molar-refractivity contribution in [1.82, 2.24) is 9.97 Å². The standard InChI is InChI=1S/C10H9NO.C9H8N2O/c1-8-2-4-9(5-3-8)10-6-11-7-12-10;10-8-3-1-7(2-4-8)9-5-11-6-12-9/h2-7H,1H3;1-6H,10H2. The summed E-state index contributed by atoms with van der Waals surface area (Å²) in [4.78, 5) is 7.68. The van der Waals surface area contributed by atoms with Crippen LogP contribution in [-0.2, 0) is 0 Å². The summed E-state index contributed by atoms with van der Waals surface area (Å²) in [6.07, 6.45) is 6.23. The lowest BCUT2D eigenvalue weighted by atomic mass is 10.1. The molecule has 0 bridgehead atoms. The number of nitrogens with two attached hydrogens (primary N) is 1. The molecule has 2 N–H and O–H groups in total. The topological polar surface area (TPSA) is 78.1 Å². The van der Waals surface area contributed by atoms with Crippen LogP contribution >= 0.6 is 0 Å². The van der Waals surface area contributed by atoms with E-state index >= 15 is 0 Å². The van der Waals surface area contributed by atoms with Crippen LogP contribution in [0.2, 0.25) is 0 Å². The molecule has 24 heavy (non-hydrogen) atoms. The molecule has 0 saturated heterocycles. The van der Waals surface area contributed by atoms with Gasteiger partial charge in [-0.05, 0) is 31.2 Å². The van der Waals surface area contributed by atoms with Gasteiger partial charge in [0.15, 0.2) is 24.3 Å². The van der Waals surface area contributed by atoms with Crippen molar-refractivity contribution in [3.8, 4) is 22.6 Å². The molecule has 5 nitrogen and oxygen atoms in total. The molecule has 0 amide bonds. The van der Waals surface area contributed by atoms with Crippen molar-refractivity contribution in [3.05, 3.63) is 79.3 Å². The highest BCUT2D eigenvalue weighted by Crippen LogP contribution is 2.19. The maximum Gasteiger partial charge on any atom is 0.181 e. The van der Waals surface area contributed by atoms with E-state index in [9.17, 15) is 0 Å². The monoisotopic (exact) mass is 319 g/mol. The summed E-state index contributed by atoms with van der Waals surface area (Å²) >= 11 is 0. The number of hydrogen-bond donors (Lipinski definition) is 1. The molecule has 0 fully saturated rings. The number of anilines is 1. The second kappa shape index (κ2) is 7.28. The van der Waals surface area contributed by atoms with Gasteiger partial charge in [-0.1, -0.05) is 29.8 Å². The lowest BCUT2D eigenvalue weighted by Gasteiger charge is -1.95. The Labute approximate surface area is 139 Å². The van der Waals surface area contributed by atoms with Gasteiger partial charge in [0, 0.05) is 16.8 Å². The number of oxazole rings is 2. The van der Waals surface area contributed by atoms with Gasteiger partial charge in [-0.2, -0.15) is 0 Å². The molecule has 0 aliphatic rings. The third kappa shape index (κ3) is 3.89. The highest BCUT2D eigenvalue weighted by atomic mass is 16.3. The Morgan fingerprint density at radius 3 is 1.58 bits per heavy atom. The molecule has 5 heteroatoms. The molecule has 120 valence electrons. The predicted molar refractivity (Wildman–Crippen MR) is 93.0 cm³/mol. The summed E-state index contributed by atoms with van der Waals surface area (Å²) in [5.41, 5.74) is 9.59. The van der Waals surface area contributed by atoms with Gasteiger partial charge < -0.3 is 14.6 Å². The van der Waals surface area contributed by atoms with Crippen LogP contribution in [0.15, 0.2) is 82.5 Å². The molecular weight excluding hydrogens is 302 g/mol. The fourth-order valence-electron chi connectivity index (χ4n) is 2.08. The van der Waals surface area contributed by atoms with Gasteiger partial charge in [0.1, 0.15) is 0 Å². The van der Waals surface area contributed by atoms with Gasteiger partial charge in [-0.25, -0.2) is 9.97 Å². The Hall–Kier alpha value is -3.34. The summed E-state index contributed by atoms with van der Waals surface area (Å²) in [6.45, 7) is 2.06. The van der Waals surface area contributed by atoms with Crippen LogP contribution in [0.1, 0.15) is 5.56 Å². The quantitative estimate of drug-likeness (QED) is 0.547. The number of aryl methyl sites for hydroxylation is 1. The summed E-state index contributed by atoms with van der Waals surface area (Å²) in [7, 11) is 0. The first-order chi connectivity index (χ1) is 11.7. The van der Waals surface area contributed by atoms with E-state index in [0.29, 0.717) is 0 Å². The first kappa shape index (κ1) is 15.6. The molecule has 2 aromatic carbocycles. The van der Waals surface area contributed by atoms with Gasteiger partial charge in [-0.3, -0.25) is 0 Å². The Bertz CT molecular complexity index is 774. The summed E-state index contributed by atoms with van der Waals surface area (Å²) in [5, 5.41) is 0. The summed E-state index contributed by atoms with van der Waals surface area (Å²) < 4.78 is 10.3. The van der Waals surface area contributed by atoms with Crippen LogP contribution in [0.5, 0.6) is 0 Å². The van der Waals surface area contributed by atoms with Crippen LogP contribution in [0, 0.1) is 6.92 Å². The van der Waals surface area contributed by atoms with Gasteiger partial charge in [0.25, 0.3) is 0 Å². The fraction of sp³-hybridized carbons (Fsp3) is 0.0526. The smallest absolute Gasteiger partial charge is 0.181 e. The first-order valence-corrected chi connectivity index (χ1v) is 7.42. The highest BCUT2D eigenvalue weighted by Gasteiger charge is 1.99. The van der Waals surface area contributed by atoms with Gasteiger partial charge in [-0.15, -0.1) is 0 Å². The van der Waals surface area contributed by atoms with Gasteiger partial charge in [0.2, 0.25) is 0 Å². The number of aromatic nitrogens is 2. The lowest BCUT2D eigenvalue weighted by Crippen LogP contribution is -1.82. The fourth-order valence-corrected chi connectivity index (χ4v) is 2.08. The highest BCUT2D eigenvalue weighted by molar-refractivity contribution is 5.59. The molecule has 0 atom stereocenters. The number of benzene rings is 2. The van der Waals surface area contributed by atoms with E-state index in [1.807, 2.05) is 36.4 Å². The number of rotatable bonds is 2. The molecule has 0 saturated carbocycles. The first-order valence-electron chi connectivity index (χ1n) is 7.42. The van der Waals surface area contributed by atoms with E-state index in [1.54, 1.807) is 12.4 Å². The summed E-state index contributed by atoms with van der Waals surface area (Å²) in [5.74, 6) is 1.57. The molecule has 0 spiro atoms. The minimum atomic E-state index is 0.748. The molecular formula is C19H17N3O2. The second-order valence-corrected chi connectivity index (χ2v) is 5.22. The zero-order valence-electron chi connectivity index (χ0n) is 13.2. The molecule has 2 heterocycles. The van der Waals surface area contributed by atoms with Crippen molar-refractivity contribution in [1.29, 1.82) is 0 Å². The summed E-state index contributed by atoms with van der Waals surface area (Å²) in [6, 6.07) is 15.6. The molecule has 4 rings (SSSR count). The van der Waals surface area contributed by atoms with Crippen molar-refractivity contribution < 1.29 is 8.83 Å². The Balaban J connectivity index is 0.000000141. The zero-order chi connectivity index (χ0) is 16.8. The SMILES string of the molecule is Cc1ccc(-c2cnco2)cc1.Nc1ccc(-c2cnco2)cc1. The maximum atomic E-state index is 5.53. The Morgan fingerprint density at radius 1 is 0.708 bits per heavy atom. The Morgan fingerprint density at radius 2 is 1.17 bits per heavy atom. The molecule has 2 aromatic heterocycles. The number of nitrogens with zero attached hydrogens (tertiary/aromatic N) is 2. The van der Waals surface area contributed by atoms with E-state index in [2.05, 4.69) is 29.0 Å². The normalized spacial score (nSPS) is 10.0. The van der Waals surface area contributed by atoms with Crippen LogP contribution in [-0.4, -0.2) is 9.97 Å². The molecule has 0 aliphatic carbocycles. The lowest BCUT2D eigenvalue weighted by molar-refractivity contribution is 0.571. The van der Waals surface area contributed by atoms with Crippen LogP contribution in [0.25, 0.3) is 22.6 Å². The van der Waals surface area contributed by atoms with E-state index in [0.717, 1.165) is 28.3 Å². The van der Waals surface area contributed by atoms with Crippen LogP contribution < -0.4 is 5.73 Å². The Kier molecular flexibility index (Phi) is 4.72. The third-order valence-electron chi connectivity index (χ3n) is 3.40. The van der Waals surface area contributed by atoms with Crippen LogP contribution in [0.3, 0.4) is 0 Å². The minimum Gasteiger partial charge on any atom is -0.444 e. The van der Waals surface area contributed by atoms with E-state index < -0.39 is 0 Å². The van der Waals surface area contributed by atoms with E-state index in [-0.39, 0.29) is 0 Å². The molecule has 4 aromatic rings. The third-order valence-corrected chi connectivity index (χ3v) is 3.40. The minimum absolute atomic E-state index is 0.748. The predicted octanol–water partition coefficient (Wildman–Crippen LogP) is 4.57. The van der Waals surface area contributed by atoms with Crippen molar-refractivity contribution in [2.24, 2.45) is 0 Å².